The molecular weight excluding hydrogens is 300 g/mol. The van der Waals surface area contributed by atoms with Crippen LogP contribution < -0.4 is 10.6 Å². The molecule has 1 unspecified atom stereocenters. The zero-order valence-corrected chi connectivity index (χ0v) is 14.6. The Kier molecular flexibility index (Phi) is 5.90. The molecule has 132 valence electrons. The summed E-state index contributed by atoms with van der Waals surface area (Å²) in [4.78, 5) is 12.4. The normalized spacial score (nSPS) is 23.5. The van der Waals surface area contributed by atoms with Crippen molar-refractivity contribution in [2.75, 3.05) is 6.54 Å². The van der Waals surface area contributed by atoms with E-state index in [9.17, 15) is 9.90 Å². The Balaban J connectivity index is 1.47. The largest absolute Gasteiger partial charge is 0.382 e. The molecule has 1 aromatic rings. The van der Waals surface area contributed by atoms with Gasteiger partial charge in [0.15, 0.2) is 0 Å². The molecule has 0 aromatic heterocycles. The van der Waals surface area contributed by atoms with Gasteiger partial charge in [-0.05, 0) is 56.2 Å². The molecule has 3 N–H and O–H groups in total. The minimum absolute atomic E-state index is 0.0360. The molecule has 2 aliphatic carbocycles. The van der Waals surface area contributed by atoms with E-state index in [1.807, 2.05) is 19.1 Å². The maximum Gasteiger partial charge on any atom is 0.250 e. The predicted octanol–water partition coefficient (Wildman–Crippen LogP) is 2.71. The van der Waals surface area contributed by atoms with E-state index in [1.54, 1.807) is 0 Å². The number of benzene rings is 1. The molecule has 4 nitrogen and oxygen atoms in total. The van der Waals surface area contributed by atoms with Crippen molar-refractivity contribution in [1.29, 1.82) is 0 Å². The number of hydrogen-bond acceptors (Lipinski definition) is 3. The molecule has 1 aromatic carbocycles. The quantitative estimate of drug-likeness (QED) is 0.751. The lowest BCUT2D eigenvalue weighted by Gasteiger charge is -2.26. The zero-order valence-electron chi connectivity index (χ0n) is 14.6. The van der Waals surface area contributed by atoms with Gasteiger partial charge in [-0.25, -0.2) is 0 Å². The van der Waals surface area contributed by atoms with E-state index in [1.165, 1.54) is 43.2 Å². The number of rotatable bonds is 6. The standard InChI is InChI=1S/C20H30N2O2/c1-14(21-13-15-7-3-2-4-8-15)19(23)20(24)22-18-12-11-16-9-5-6-10-17(16)18/h5-6,9-10,14-15,18-19,21,23H,2-4,7-8,11-13H2,1H3,(H,22,24)/t14-,18?,19+/m1/s1. The molecule has 1 fully saturated rings. The van der Waals surface area contributed by atoms with Crippen LogP contribution in [0.2, 0.25) is 0 Å². The second-order valence-corrected chi connectivity index (χ2v) is 7.44. The van der Waals surface area contributed by atoms with Crippen LogP contribution in [0.4, 0.5) is 0 Å². The van der Waals surface area contributed by atoms with Crippen molar-refractivity contribution in [2.24, 2.45) is 5.92 Å². The minimum Gasteiger partial charge on any atom is -0.382 e. The SMILES string of the molecule is C[C@@H](NCC1CCCCC1)[C@H](O)C(=O)NC1CCc2ccccc21. The van der Waals surface area contributed by atoms with Crippen molar-refractivity contribution in [3.63, 3.8) is 0 Å². The van der Waals surface area contributed by atoms with Crippen molar-refractivity contribution < 1.29 is 9.90 Å². The van der Waals surface area contributed by atoms with Gasteiger partial charge in [0.2, 0.25) is 0 Å². The lowest BCUT2D eigenvalue weighted by molar-refractivity contribution is -0.131. The van der Waals surface area contributed by atoms with Crippen LogP contribution >= 0.6 is 0 Å². The maximum absolute atomic E-state index is 12.4. The van der Waals surface area contributed by atoms with Gasteiger partial charge in [0.25, 0.3) is 5.91 Å². The molecule has 0 radical (unpaired) electrons. The summed E-state index contributed by atoms with van der Waals surface area (Å²) in [5, 5.41) is 16.7. The number of carbonyl (C=O) groups excluding carboxylic acids is 1. The molecule has 0 bridgehead atoms. The fourth-order valence-corrected chi connectivity index (χ4v) is 4.05. The summed E-state index contributed by atoms with van der Waals surface area (Å²) in [5.74, 6) is 0.429. The first-order valence-electron chi connectivity index (χ1n) is 9.45. The fraction of sp³-hybridized carbons (Fsp3) is 0.650. The fourth-order valence-electron chi connectivity index (χ4n) is 4.05. The van der Waals surface area contributed by atoms with Crippen LogP contribution in [0.1, 0.15) is 62.6 Å². The van der Waals surface area contributed by atoms with Crippen molar-refractivity contribution in [3.05, 3.63) is 35.4 Å². The number of carbonyl (C=O) groups is 1. The summed E-state index contributed by atoms with van der Waals surface area (Å²) >= 11 is 0. The average Bonchev–Trinajstić information content (AvgIpc) is 3.03. The number of aliphatic hydroxyl groups excluding tert-OH is 1. The van der Waals surface area contributed by atoms with Gasteiger partial charge < -0.3 is 15.7 Å². The Morgan fingerprint density at radius 3 is 2.75 bits per heavy atom. The Bertz CT molecular complexity index is 554. The van der Waals surface area contributed by atoms with E-state index in [0.717, 1.165) is 19.4 Å². The zero-order chi connectivity index (χ0) is 16.9. The monoisotopic (exact) mass is 330 g/mol. The first kappa shape index (κ1) is 17.4. The summed E-state index contributed by atoms with van der Waals surface area (Å²) < 4.78 is 0. The molecule has 1 amide bonds. The number of amides is 1. The molecule has 0 heterocycles. The van der Waals surface area contributed by atoms with Crippen LogP contribution in [0.3, 0.4) is 0 Å². The molecule has 0 spiro atoms. The number of hydrogen-bond donors (Lipinski definition) is 3. The van der Waals surface area contributed by atoms with Crippen LogP contribution in [-0.2, 0) is 11.2 Å². The van der Waals surface area contributed by atoms with Crippen molar-refractivity contribution in [1.82, 2.24) is 10.6 Å². The van der Waals surface area contributed by atoms with Crippen LogP contribution in [0.15, 0.2) is 24.3 Å². The highest BCUT2D eigenvalue weighted by atomic mass is 16.3. The second-order valence-electron chi connectivity index (χ2n) is 7.44. The second kappa shape index (κ2) is 8.13. The van der Waals surface area contributed by atoms with Gasteiger partial charge in [0, 0.05) is 6.04 Å². The minimum atomic E-state index is -0.999. The smallest absolute Gasteiger partial charge is 0.250 e. The highest BCUT2D eigenvalue weighted by Gasteiger charge is 2.28. The number of fused-ring (bicyclic) bond motifs is 1. The van der Waals surface area contributed by atoms with Gasteiger partial charge in [-0.2, -0.15) is 0 Å². The third-order valence-corrected chi connectivity index (χ3v) is 5.64. The summed E-state index contributed by atoms with van der Waals surface area (Å²) in [7, 11) is 0. The molecule has 24 heavy (non-hydrogen) atoms. The number of aliphatic hydroxyl groups is 1. The van der Waals surface area contributed by atoms with E-state index < -0.39 is 6.10 Å². The van der Waals surface area contributed by atoms with Gasteiger partial charge in [-0.3, -0.25) is 4.79 Å². The van der Waals surface area contributed by atoms with Crippen molar-refractivity contribution in [3.8, 4) is 0 Å². The van der Waals surface area contributed by atoms with E-state index >= 15 is 0 Å². The van der Waals surface area contributed by atoms with Crippen LogP contribution in [0.5, 0.6) is 0 Å². The Hall–Kier alpha value is -1.39. The first-order valence-corrected chi connectivity index (χ1v) is 9.45. The molecule has 0 saturated heterocycles. The molecule has 4 heteroatoms. The number of nitrogens with one attached hydrogen (secondary N) is 2. The number of aryl methyl sites for hydroxylation is 1. The molecule has 1 saturated carbocycles. The van der Waals surface area contributed by atoms with Gasteiger partial charge in [-0.15, -0.1) is 0 Å². The van der Waals surface area contributed by atoms with Crippen LogP contribution in [-0.4, -0.2) is 29.7 Å². The van der Waals surface area contributed by atoms with E-state index in [2.05, 4.69) is 22.8 Å². The van der Waals surface area contributed by atoms with Crippen molar-refractivity contribution in [2.45, 2.75) is 70.1 Å². The highest BCUT2D eigenvalue weighted by molar-refractivity contribution is 5.81. The lowest BCUT2D eigenvalue weighted by Crippen LogP contribution is -2.49. The highest BCUT2D eigenvalue weighted by Crippen LogP contribution is 2.30. The molecule has 0 aliphatic heterocycles. The van der Waals surface area contributed by atoms with Crippen LogP contribution in [0.25, 0.3) is 0 Å². The summed E-state index contributed by atoms with van der Waals surface area (Å²) in [6, 6.07) is 8.05. The summed E-state index contributed by atoms with van der Waals surface area (Å²) in [6.07, 6.45) is 7.41. The van der Waals surface area contributed by atoms with Gasteiger partial charge in [0.1, 0.15) is 6.10 Å². The molecule has 3 atom stereocenters. The predicted molar refractivity (Wildman–Crippen MR) is 95.7 cm³/mol. The van der Waals surface area contributed by atoms with Gasteiger partial charge in [-0.1, -0.05) is 43.5 Å². The molecule has 2 aliphatic rings. The Morgan fingerprint density at radius 2 is 1.96 bits per heavy atom. The first-order chi connectivity index (χ1) is 11.6. The Labute approximate surface area is 145 Å². The summed E-state index contributed by atoms with van der Waals surface area (Å²) in [6.45, 7) is 2.80. The lowest BCUT2D eigenvalue weighted by atomic mass is 9.89. The van der Waals surface area contributed by atoms with Crippen molar-refractivity contribution >= 4 is 5.91 Å². The van der Waals surface area contributed by atoms with Crippen LogP contribution in [0, 0.1) is 5.92 Å². The third kappa shape index (κ3) is 4.17. The Morgan fingerprint density at radius 1 is 1.21 bits per heavy atom. The topological polar surface area (TPSA) is 61.4 Å². The van der Waals surface area contributed by atoms with E-state index in [4.69, 9.17) is 0 Å². The average molecular weight is 330 g/mol. The van der Waals surface area contributed by atoms with Gasteiger partial charge >= 0.3 is 0 Å². The van der Waals surface area contributed by atoms with E-state index in [-0.39, 0.29) is 18.0 Å². The third-order valence-electron chi connectivity index (χ3n) is 5.64. The summed E-state index contributed by atoms with van der Waals surface area (Å²) in [5.41, 5.74) is 2.50. The molecular formula is C20H30N2O2. The molecule has 3 rings (SSSR count). The van der Waals surface area contributed by atoms with Gasteiger partial charge in [0.05, 0.1) is 6.04 Å². The maximum atomic E-state index is 12.4. The van der Waals surface area contributed by atoms with E-state index in [0.29, 0.717) is 5.92 Å².